The molecular weight excluding hydrogens is 338 g/mol. The average Bonchev–Trinajstić information content (AvgIpc) is 2.73. The van der Waals surface area contributed by atoms with Crippen molar-refractivity contribution in [2.45, 2.75) is 12.0 Å². The number of rotatable bonds is 5. The molecule has 0 spiro atoms. The third-order valence-corrected chi connectivity index (χ3v) is 5.06. The van der Waals surface area contributed by atoms with E-state index < -0.39 is 0 Å². The third-order valence-electron chi connectivity index (χ3n) is 5.06. The number of carbonyl (C=O) groups is 1. The molecule has 4 nitrogen and oxygen atoms in total. The third kappa shape index (κ3) is 3.04. The molecule has 3 aromatic rings. The van der Waals surface area contributed by atoms with E-state index >= 15 is 0 Å². The lowest BCUT2D eigenvalue weighted by Crippen LogP contribution is -2.53. The first-order valence-electron chi connectivity index (χ1n) is 8.89. The average molecular weight is 359 g/mol. The van der Waals surface area contributed by atoms with Crippen LogP contribution >= 0.6 is 0 Å². The van der Waals surface area contributed by atoms with E-state index in [1.807, 2.05) is 83.8 Å². The number of anilines is 1. The van der Waals surface area contributed by atoms with Gasteiger partial charge in [-0.15, -0.1) is 0 Å². The summed E-state index contributed by atoms with van der Waals surface area (Å²) in [5.41, 5.74) is 2.99. The molecule has 1 heterocycles. The van der Waals surface area contributed by atoms with E-state index in [9.17, 15) is 4.79 Å². The van der Waals surface area contributed by atoms with Crippen molar-refractivity contribution in [3.63, 3.8) is 0 Å². The molecule has 1 aliphatic heterocycles. The number of β-lactam (4-membered cyclic amide) rings is 1. The first kappa shape index (κ1) is 17.2. The summed E-state index contributed by atoms with van der Waals surface area (Å²) in [6.45, 7) is 0. The minimum atomic E-state index is -0.193. The molecule has 4 rings (SSSR count). The van der Waals surface area contributed by atoms with E-state index in [1.54, 1.807) is 14.2 Å². The van der Waals surface area contributed by atoms with Gasteiger partial charge in [0.25, 0.3) is 0 Å². The molecule has 2 unspecified atom stereocenters. The van der Waals surface area contributed by atoms with Crippen LogP contribution in [-0.4, -0.2) is 20.1 Å². The molecule has 0 aromatic heterocycles. The SMILES string of the molecule is COc1ccc(C2C(c3ccccc3)C(=O)N2c2ccc(OC)cc2)cc1. The van der Waals surface area contributed by atoms with Gasteiger partial charge < -0.3 is 14.4 Å². The first-order chi connectivity index (χ1) is 13.2. The lowest BCUT2D eigenvalue weighted by molar-refractivity contribution is -0.126. The van der Waals surface area contributed by atoms with E-state index in [2.05, 4.69) is 0 Å². The standard InChI is InChI=1S/C23H21NO3/c1-26-19-12-8-17(9-13-19)22-21(16-6-4-3-5-7-16)23(25)24(22)18-10-14-20(27-2)15-11-18/h3-15,21-22H,1-2H3. The Morgan fingerprint density at radius 2 is 1.26 bits per heavy atom. The fourth-order valence-corrected chi connectivity index (χ4v) is 3.65. The minimum absolute atomic E-state index is 0.0563. The van der Waals surface area contributed by atoms with Crippen molar-refractivity contribution in [3.05, 3.63) is 90.0 Å². The van der Waals surface area contributed by atoms with E-state index in [0.29, 0.717) is 0 Å². The molecule has 0 bridgehead atoms. The summed E-state index contributed by atoms with van der Waals surface area (Å²) in [5.74, 6) is 1.48. The highest BCUT2D eigenvalue weighted by Gasteiger charge is 2.49. The van der Waals surface area contributed by atoms with E-state index in [1.165, 1.54) is 0 Å². The van der Waals surface area contributed by atoms with Gasteiger partial charge in [-0.3, -0.25) is 4.79 Å². The van der Waals surface area contributed by atoms with Gasteiger partial charge >= 0.3 is 0 Å². The van der Waals surface area contributed by atoms with Crippen molar-refractivity contribution in [3.8, 4) is 11.5 Å². The first-order valence-corrected chi connectivity index (χ1v) is 8.89. The Morgan fingerprint density at radius 1 is 0.704 bits per heavy atom. The van der Waals surface area contributed by atoms with Gasteiger partial charge in [0.2, 0.25) is 5.91 Å². The van der Waals surface area contributed by atoms with Crippen LogP contribution in [0.5, 0.6) is 11.5 Å². The van der Waals surface area contributed by atoms with Crippen LogP contribution in [0.1, 0.15) is 23.1 Å². The highest BCUT2D eigenvalue weighted by Crippen LogP contribution is 2.49. The van der Waals surface area contributed by atoms with Gasteiger partial charge in [-0.25, -0.2) is 0 Å². The molecule has 0 radical (unpaired) electrons. The maximum Gasteiger partial charge on any atom is 0.237 e. The molecule has 1 saturated heterocycles. The summed E-state index contributed by atoms with van der Waals surface area (Å²) in [6.07, 6.45) is 0. The van der Waals surface area contributed by atoms with Crippen molar-refractivity contribution < 1.29 is 14.3 Å². The molecule has 2 atom stereocenters. The molecule has 0 aliphatic carbocycles. The van der Waals surface area contributed by atoms with Crippen LogP contribution in [0.3, 0.4) is 0 Å². The zero-order valence-electron chi connectivity index (χ0n) is 15.3. The van der Waals surface area contributed by atoms with Gasteiger partial charge in [0.15, 0.2) is 0 Å². The summed E-state index contributed by atoms with van der Waals surface area (Å²) in [5, 5.41) is 0. The number of amides is 1. The Hall–Kier alpha value is -3.27. The summed E-state index contributed by atoms with van der Waals surface area (Å²) < 4.78 is 10.5. The van der Waals surface area contributed by atoms with Crippen LogP contribution < -0.4 is 14.4 Å². The lowest BCUT2D eigenvalue weighted by atomic mass is 9.77. The molecule has 136 valence electrons. The molecule has 1 fully saturated rings. The maximum atomic E-state index is 13.1. The maximum absolute atomic E-state index is 13.1. The Kier molecular flexibility index (Phi) is 4.55. The van der Waals surface area contributed by atoms with Crippen molar-refractivity contribution in [1.29, 1.82) is 0 Å². The van der Waals surface area contributed by atoms with Crippen LogP contribution in [0.2, 0.25) is 0 Å². The Balaban J connectivity index is 1.73. The van der Waals surface area contributed by atoms with Crippen molar-refractivity contribution in [2.75, 3.05) is 19.1 Å². The second kappa shape index (κ2) is 7.16. The molecule has 0 N–H and O–H groups in total. The largest absolute Gasteiger partial charge is 0.497 e. The molecule has 3 aromatic carbocycles. The van der Waals surface area contributed by atoms with E-state index in [-0.39, 0.29) is 17.9 Å². The van der Waals surface area contributed by atoms with Gasteiger partial charge in [-0.2, -0.15) is 0 Å². The van der Waals surface area contributed by atoms with E-state index in [4.69, 9.17) is 9.47 Å². The van der Waals surface area contributed by atoms with Crippen LogP contribution in [0.25, 0.3) is 0 Å². The fraction of sp³-hybridized carbons (Fsp3) is 0.174. The minimum Gasteiger partial charge on any atom is -0.497 e. The summed E-state index contributed by atoms with van der Waals surface area (Å²) in [6, 6.07) is 25.4. The Morgan fingerprint density at radius 3 is 1.81 bits per heavy atom. The van der Waals surface area contributed by atoms with Gasteiger partial charge in [0, 0.05) is 5.69 Å². The number of hydrogen-bond donors (Lipinski definition) is 0. The monoisotopic (exact) mass is 359 g/mol. The van der Waals surface area contributed by atoms with Crippen molar-refractivity contribution in [1.82, 2.24) is 0 Å². The molecule has 27 heavy (non-hydrogen) atoms. The molecule has 1 aliphatic rings. The van der Waals surface area contributed by atoms with E-state index in [0.717, 1.165) is 28.3 Å². The fourth-order valence-electron chi connectivity index (χ4n) is 3.65. The number of hydrogen-bond acceptors (Lipinski definition) is 3. The zero-order valence-corrected chi connectivity index (χ0v) is 15.3. The van der Waals surface area contributed by atoms with Crippen molar-refractivity contribution >= 4 is 11.6 Å². The second-order valence-corrected chi connectivity index (χ2v) is 6.51. The molecule has 0 saturated carbocycles. The summed E-state index contributed by atoms with van der Waals surface area (Å²) >= 11 is 0. The quantitative estimate of drug-likeness (QED) is 0.626. The zero-order chi connectivity index (χ0) is 18.8. The second-order valence-electron chi connectivity index (χ2n) is 6.51. The number of benzene rings is 3. The van der Waals surface area contributed by atoms with Crippen LogP contribution in [0.15, 0.2) is 78.9 Å². The number of methoxy groups -OCH3 is 2. The van der Waals surface area contributed by atoms with Gasteiger partial charge in [0.05, 0.1) is 26.2 Å². The Labute approximate surface area is 159 Å². The van der Waals surface area contributed by atoms with Crippen LogP contribution in [0.4, 0.5) is 5.69 Å². The van der Waals surface area contributed by atoms with Crippen LogP contribution in [-0.2, 0) is 4.79 Å². The lowest BCUT2D eigenvalue weighted by Gasteiger charge is -2.47. The molecular formula is C23H21NO3. The highest BCUT2D eigenvalue weighted by molar-refractivity contribution is 6.06. The predicted octanol–water partition coefficient (Wildman–Crippen LogP) is 4.58. The number of carbonyl (C=O) groups excluding carboxylic acids is 1. The summed E-state index contributed by atoms with van der Waals surface area (Å²) in [4.78, 5) is 15.0. The van der Waals surface area contributed by atoms with Gasteiger partial charge in [-0.1, -0.05) is 42.5 Å². The predicted molar refractivity (Wildman–Crippen MR) is 105 cm³/mol. The smallest absolute Gasteiger partial charge is 0.237 e. The normalized spacial score (nSPS) is 18.7. The van der Waals surface area contributed by atoms with Gasteiger partial charge in [-0.05, 0) is 47.5 Å². The van der Waals surface area contributed by atoms with Crippen molar-refractivity contribution in [2.24, 2.45) is 0 Å². The Bertz CT molecular complexity index is 920. The van der Waals surface area contributed by atoms with Gasteiger partial charge in [0.1, 0.15) is 11.5 Å². The highest BCUT2D eigenvalue weighted by atomic mass is 16.5. The molecule has 4 heteroatoms. The van der Waals surface area contributed by atoms with Crippen LogP contribution in [0, 0.1) is 0 Å². The molecule has 1 amide bonds. The number of ether oxygens (including phenoxy) is 2. The topological polar surface area (TPSA) is 38.8 Å². The summed E-state index contributed by atoms with van der Waals surface area (Å²) in [7, 11) is 3.29. The number of nitrogens with zero attached hydrogens (tertiary/aromatic N) is 1.